The lowest BCUT2D eigenvalue weighted by atomic mass is 10.3. The number of halogens is 3. The average Bonchev–Trinajstić information content (AvgIpc) is 2.78. The Bertz CT molecular complexity index is 640. The van der Waals surface area contributed by atoms with Crippen molar-refractivity contribution >= 4 is 66.8 Å². The molecule has 3 heterocycles. The van der Waals surface area contributed by atoms with Crippen molar-refractivity contribution in [2.75, 3.05) is 0 Å². The molecule has 0 aliphatic heterocycles. The highest BCUT2D eigenvalue weighted by molar-refractivity contribution is 9.11. The Morgan fingerprint density at radius 2 is 2.12 bits per heavy atom. The van der Waals surface area contributed by atoms with Gasteiger partial charge in [-0.15, -0.1) is 16.4 Å². The van der Waals surface area contributed by atoms with E-state index in [1.807, 2.05) is 12.3 Å². The lowest BCUT2D eigenvalue weighted by Crippen LogP contribution is -1.77. The maximum absolute atomic E-state index is 6.06. The van der Waals surface area contributed by atoms with Crippen molar-refractivity contribution in [3.05, 3.63) is 24.9 Å². The fourth-order valence-electron chi connectivity index (χ4n) is 1.32. The number of imidazole rings is 1. The van der Waals surface area contributed by atoms with Gasteiger partial charge in [0.05, 0.1) is 16.2 Å². The summed E-state index contributed by atoms with van der Waals surface area (Å²) in [5.41, 5.74) is 1.64. The molecule has 3 nitrogen and oxygen atoms in total. The third-order valence-corrected chi connectivity index (χ3v) is 4.79. The van der Waals surface area contributed by atoms with Gasteiger partial charge >= 0.3 is 0 Å². The summed E-state index contributed by atoms with van der Waals surface area (Å²) in [6, 6.07) is 1.82. The van der Waals surface area contributed by atoms with Crippen LogP contribution in [-0.2, 0) is 0 Å². The Labute approximate surface area is 117 Å². The topological polar surface area (TPSA) is 30.2 Å². The highest BCUT2D eigenvalue weighted by Crippen LogP contribution is 2.38. The molecule has 8 heteroatoms. The van der Waals surface area contributed by atoms with Crippen LogP contribution in [0.4, 0.5) is 0 Å². The lowest BCUT2D eigenvalue weighted by Gasteiger charge is -1.89. The van der Waals surface area contributed by atoms with Crippen molar-refractivity contribution in [2.45, 2.75) is 0 Å². The summed E-state index contributed by atoms with van der Waals surface area (Å²) >= 11 is 18.1. The second-order valence-electron chi connectivity index (χ2n) is 2.95. The minimum Gasteiger partial charge on any atom is -0.217 e. The number of hydrogen-bond donors (Lipinski definition) is 0. The van der Waals surface area contributed by atoms with Crippen molar-refractivity contribution in [3.8, 4) is 11.3 Å². The predicted octanol–water partition coefficient (Wildman–Crippen LogP) is 4.59. The molecule has 0 atom stereocenters. The van der Waals surface area contributed by atoms with Gasteiger partial charge in [-0.05, 0) is 22.0 Å². The fourth-order valence-corrected chi connectivity index (χ4v) is 4.02. The van der Waals surface area contributed by atoms with Crippen LogP contribution >= 0.6 is 61.8 Å². The molecule has 0 N–H and O–H groups in total. The van der Waals surface area contributed by atoms with E-state index in [1.54, 1.807) is 4.52 Å². The second kappa shape index (κ2) is 3.96. The summed E-state index contributed by atoms with van der Waals surface area (Å²) in [4.78, 5) is 5.25. The Morgan fingerprint density at radius 3 is 2.75 bits per heavy atom. The molecular formula is C8H2BrCl2N3S2. The molecule has 0 spiro atoms. The first kappa shape index (κ1) is 11.0. The van der Waals surface area contributed by atoms with Crippen LogP contribution in [0.1, 0.15) is 0 Å². The summed E-state index contributed by atoms with van der Waals surface area (Å²) in [7, 11) is 0. The maximum Gasteiger partial charge on any atom is 0.213 e. The van der Waals surface area contributed by atoms with E-state index in [0.717, 1.165) is 20.1 Å². The zero-order valence-electron chi connectivity index (χ0n) is 7.45. The van der Waals surface area contributed by atoms with Gasteiger partial charge in [0.1, 0.15) is 4.34 Å². The molecule has 3 aromatic rings. The van der Waals surface area contributed by atoms with Gasteiger partial charge in [-0.3, -0.25) is 0 Å². The number of thiophene rings is 1. The van der Waals surface area contributed by atoms with Crippen molar-refractivity contribution in [3.63, 3.8) is 0 Å². The van der Waals surface area contributed by atoms with Gasteiger partial charge in [0.25, 0.3) is 0 Å². The van der Waals surface area contributed by atoms with Gasteiger partial charge in [-0.25, -0.2) is 9.50 Å². The molecule has 0 radical (unpaired) electrons. The van der Waals surface area contributed by atoms with Crippen LogP contribution in [0.5, 0.6) is 0 Å². The Morgan fingerprint density at radius 1 is 1.31 bits per heavy atom. The molecule has 0 unspecified atom stereocenters. The molecule has 82 valence electrons. The van der Waals surface area contributed by atoms with E-state index in [9.17, 15) is 0 Å². The number of nitrogens with zero attached hydrogens (tertiary/aromatic N) is 3. The molecule has 0 aromatic carbocycles. The standard InChI is InChI=1S/C8H2BrCl2N3S2/c9-7-13-14-2-4(12-8(14)16-7)3-1-5(10)15-6(3)11/h1-2H. The van der Waals surface area contributed by atoms with E-state index in [1.165, 1.54) is 22.7 Å². The third-order valence-electron chi connectivity index (χ3n) is 1.95. The van der Waals surface area contributed by atoms with E-state index in [0.29, 0.717) is 8.67 Å². The molecule has 0 aliphatic carbocycles. The zero-order valence-corrected chi connectivity index (χ0v) is 12.2. The molecule has 0 fully saturated rings. The monoisotopic (exact) mass is 353 g/mol. The smallest absolute Gasteiger partial charge is 0.213 e. The van der Waals surface area contributed by atoms with Gasteiger partial charge in [0, 0.05) is 5.56 Å². The first-order valence-electron chi connectivity index (χ1n) is 4.10. The van der Waals surface area contributed by atoms with E-state index in [-0.39, 0.29) is 0 Å². The highest BCUT2D eigenvalue weighted by Gasteiger charge is 2.13. The number of aromatic nitrogens is 3. The summed E-state index contributed by atoms with van der Waals surface area (Å²) in [5, 5.41) is 4.21. The van der Waals surface area contributed by atoms with Crippen LogP contribution in [0.15, 0.2) is 16.2 Å². The summed E-state index contributed by atoms with van der Waals surface area (Å²) in [6.45, 7) is 0. The van der Waals surface area contributed by atoms with Crippen LogP contribution in [0.25, 0.3) is 16.2 Å². The fraction of sp³-hybridized carbons (Fsp3) is 0. The third kappa shape index (κ3) is 1.78. The molecule has 0 saturated carbocycles. The van der Waals surface area contributed by atoms with Crippen molar-refractivity contribution in [1.29, 1.82) is 0 Å². The molecule has 3 rings (SSSR count). The molecule has 0 saturated heterocycles. The first-order valence-corrected chi connectivity index (χ1v) is 7.28. The Kier molecular flexibility index (Phi) is 2.72. The normalized spacial score (nSPS) is 11.4. The largest absolute Gasteiger partial charge is 0.217 e. The van der Waals surface area contributed by atoms with Gasteiger partial charge in [0.15, 0.2) is 3.92 Å². The van der Waals surface area contributed by atoms with Crippen LogP contribution in [0.2, 0.25) is 8.67 Å². The minimum absolute atomic E-state index is 0.648. The van der Waals surface area contributed by atoms with Crippen LogP contribution in [0.3, 0.4) is 0 Å². The molecule has 3 aromatic heterocycles. The average molecular weight is 355 g/mol. The molecule has 0 aliphatic rings. The van der Waals surface area contributed by atoms with E-state index < -0.39 is 0 Å². The van der Waals surface area contributed by atoms with Crippen molar-refractivity contribution < 1.29 is 0 Å². The highest BCUT2D eigenvalue weighted by atomic mass is 79.9. The van der Waals surface area contributed by atoms with Crippen molar-refractivity contribution in [1.82, 2.24) is 14.6 Å². The van der Waals surface area contributed by atoms with Gasteiger partial charge in [-0.2, -0.15) is 0 Å². The van der Waals surface area contributed by atoms with E-state index in [2.05, 4.69) is 26.0 Å². The lowest BCUT2D eigenvalue weighted by molar-refractivity contribution is 0.959. The molecule has 0 amide bonds. The number of rotatable bonds is 1. The molecule has 16 heavy (non-hydrogen) atoms. The van der Waals surface area contributed by atoms with Crippen molar-refractivity contribution in [2.24, 2.45) is 0 Å². The SMILES string of the molecule is Clc1cc(-c2cn3nc(Br)sc3n2)c(Cl)s1. The second-order valence-corrected chi connectivity index (χ2v) is 7.46. The number of fused-ring (bicyclic) bond motifs is 1. The van der Waals surface area contributed by atoms with Gasteiger partial charge in [-0.1, -0.05) is 34.5 Å². The van der Waals surface area contributed by atoms with Crippen LogP contribution < -0.4 is 0 Å². The van der Waals surface area contributed by atoms with E-state index in [4.69, 9.17) is 23.2 Å². The van der Waals surface area contributed by atoms with Gasteiger partial charge in [0.2, 0.25) is 4.96 Å². The Balaban J connectivity index is 2.18. The first-order chi connectivity index (χ1) is 7.63. The number of hydrogen-bond acceptors (Lipinski definition) is 4. The van der Waals surface area contributed by atoms with Crippen LogP contribution in [0, 0.1) is 0 Å². The van der Waals surface area contributed by atoms with Gasteiger partial charge < -0.3 is 0 Å². The zero-order chi connectivity index (χ0) is 11.3. The Hall–Kier alpha value is -0.140. The van der Waals surface area contributed by atoms with Crippen LogP contribution in [-0.4, -0.2) is 14.6 Å². The summed E-state index contributed by atoms with van der Waals surface area (Å²) < 4.78 is 3.82. The summed E-state index contributed by atoms with van der Waals surface area (Å²) in [5.74, 6) is 0. The summed E-state index contributed by atoms with van der Waals surface area (Å²) in [6.07, 6.45) is 1.83. The minimum atomic E-state index is 0.648. The predicted molar refractivity (Wildman–Crippen MR) is 71.9 cm³/mol. The molecular weight excluding hydrogens is 353 g/mol. The quantitative estimate of drug-likeness (QED) is 0.639. The maximum atomic E-state index is 6.06. The molecule has 0 bridgehead atoms. The van der Waals surface area contributed by atoms with E-state index >= 15 is 0 Å².